The molecule has 5 rings (SSSR count). The van der Waals surface area contributed by atoms with Crippen LogP contribution >= 0.6 is 0 Å². The highest BCUT2D eigenvalue weighted by molar-refractivity contribution is 6.01. The highest BCUT2D eigenvalue weighted by Gasteiger charge is 2.54. The summed E-state index contributed by atoms with van der Waals surface area (Å²) in [7, 11) is 0. The number of fused-ring (bicyclic) bond motifs is 4. The summed E-state index contributed by atoms with van der Waals surface area (Å²) in [4.78, 5) is 31.9. The van der Waals surface area contributed by atoms with Crippen molar-refractivity contribution in [3.05, 3.63) is 47.2 Å². The molecule has 2 N–H and O–H groups in total. The van der Waals surface area contributed by atoms with E-state index in [0.717, 1.165) is 46.2 Å². The van der Waals surface area contributed by atoms with Crippen molar-refractivity contribution in [2.45, 2.75) is 70.6 Å². The predicted octanol–water partition coefficient (Wildman–Crippen LogP) is 4.11. The van der Waals surface area contributed by atoms with E-state index in [-0.39, 0.29) is 17.4 Å². The van der Waals surface area contributed by atoms with Crippen molar-refractivity contribution < 1.29 is 14.3 Å². The number of H-pyrrole nitrogens is 1. The summed E-state index contributed by atoms with van der Waals surface area (Å²) in [5.41, 5.74) is 3.15. The first kappa shape index (κ1) is 20.9. The van der Waals surface area contributed by atoms with Crippen LogP contribution in [0.5, 0.6) is 5.75 Å². The second-order valence-corrected chi connectivity index (χ2v) is 10.1. The minimum atomic E-state index is -0.723. The lowest BCUT2D eigenvalue weighted by molar-refractivity contribution is -0.154. The number of nitrogens with one attached hydrogen (secondary N) is 2. The van der Waals surface area contributed by atoms with Crippen LogP contribution < -0.4 is 10.1 Å². The normalized spacial score (nSPS) is 25.9. The third-order valence-corrected chi connectivity index (χ3v) is 7.02. The predicted molar refractivity (Wildman–Crippen MR) is 125 cm³/mol. The van der Waals surface area contributed by atoms with Crippen LogP contribution in [0.1, 0.15) is 58.1 Å². The number of ether oxygens (including phenoxy) is 1. The van der Waals surface area contributed by atoms with Gasteiger partial charge in [-0.05, 0) is 76.8 Å². The molecule has 3 aliphatic heterocycles. The molecular weight excluding hydrogens is 402 g/mol. The number of piperazine rings is 1. The summed E-state index contributed by atoms with van der Waals surface area (Å²) in [5, 5.41) is 4.12. The van der Waals surface area contributed by atoms with Crippen molar-refractivity contribution in [2.24, 2.45) is 0 Å². The maximum absolute atomic E-state index is 13.4. The fourth-order valence-electron chi connectivity index (χ4n) is 5.30. The second-order valence-electron chi connectivity index (χ2n) is 10.1. The Morgan fingerprint density at radius 3 is 2.88 bits per heavy atom. The Labute approximate surface area is 188 Å². The van der Waals surface area contributed by atoms with E-state index >= 15 is 0 Å². The van der Waals surface area contributed by atoms with Crippen molar-refractivity contribution in [3.63, 3.8) is 0 Å². The summed E-state index contributed by atoms with van der Waals surface area (Å²) < 4.78 is 6.09. The lowest BCUT2D eigenvalue weighted by Gasteiger charge is -2.43. The molecule has 0 aliphatic carbocycles. The molecule has 4 heterocycles. The van der Waals surface area contributed by atoms with E-state index in [4.69, 9.17) is 4.74 Å². The number of hydrogen-bond donors (Lipinski definition) is 2. The molecule has 32 heavy (non-hydrogen) atoms. The molecule has 6 heteroatoms. The monoisotopic (exact) mass is 433 g/mol. The molecule has 2 aromatic rings. The zero-order valence-corrected chi connectivity index (χ0v) is 19.2. The van der Waals surface area contributed by atoms with E-state index in [1.807, 2.05) is 50.9 Å². The van der Waals surface area contributed by atoms with Gasteiger partial charge in [-0.25, -0.2) is 0 Å². The zero-order valence-electron chi connectivity index (χ0n) is 19.2. The highest BCUT2D eigenvalue weighted by atomic mass is 16.5. The van der Waals surface area contributed by atoms with Crippen LogP contribution in [0.25, 0.3) is 17.0 Å². The summed E-state index contributed by atoms with van der Waals surface area (Å²) >= 11 is 0. The second kappa shape index (κ2) is 7.26. The molecule has 2 atom stereocenters. The molecule has 1 aromatic heterocycles. The SMILES string of the molecule is CC(C)=CC[C@@]12CCCN1C(=O)[C@@H](Cc1c[nH]c3c4c(ccc13)OC(C)(C)C=C4)NC2=O. The van der Waals surface area contributed by atoms with Gasteiger partial charge in [0.25, 0.3) is 0 Å². The Bertz CT molecular complexity index is 1170. The van der Waals surface area contributed by atoms with E-state index in [0.29, 0.717) is 19.4 Å². The van der Waals surface area contributed by atoms with Crippen LogP contribution in [0.3, 0.4) is 0 Å². The number of benzene rings is 1. The summed E-state index contributed by atoms with van der Waals surface area (Å²) in [5.74, 6) is 0.857. The van der Waals surface area contributed by atoms with Gasteiger partial charge in [-0.15, -0.1) is 0 Å². The van der Waals surface area contributed by atoms with Crippen molar-refractivity contribution in [1.82, 2.24) is 15.2 Å². The van der Waals surface area contributed by atoms with Crippen molar-refractivity contribution in [1.29, 1.82) is 0 Å². The number of aromatic amines is 1. The highest BCUT2D eigenvalue weighted by Crippen LogP contribution is 2.39. The van der Waals surface area contributed by atoms with Gasteiger partial charge in [0.2, 0.25) is 11.8 Å². The number of carbonyl (C=O) groups excluding carboxylic acids is 2. The molecule has 0 unspecified atom stereocenters. The largest absolute Gasteiger partial charge is 0.483 e. The maximum atomic E-state index is 13.4. The van der Waals surface area contributed by atoms with Gasteiger partial charge in [0, 0.05) is 30.1 Å². The topological polar surface area (TPSA) is 74.4 Å². The lowest BCUT2D eigenvalue weighted by atomic mass is 9.86. The van der Waals surface area contributed by atoms with E-state index in [1.165, 1.54) is 0 Å². The van der Waals surface area contributed by atoms with Gasteiger partial charge in [-0.3, -0.25) is 9.59 Å². The fourth-order valence-corrected chi connectivity index (χ4v) is 5.30. The van der Waals surface area contributed by atoms with Gasteiger partial charge in [0.15, 0.2) is 0 Å². The molecule has 0 bridgehead atoms. The van der Waals surface area contributed by atoms with Gasteiger partial charge in [0.1, 0.15) is 22.9 Å². The number of rotatable bonds is 4. The molecular formula is C26H31N3O3. The van der Waals surface area contributed by atoms with E-state index in [2.05, 4.69) is 28.5 Å². The molecule has 2 amide bonds. The molecule has 168 valence electrons. The Morgan fingerprint density at radius 2 is 2.09 bits per heavy atom. The van der Waals surface area contributed by atoms with E-state index in [1.54, 1.807) is 0 Å². The molecule has 0 radical (unpaired) electrons. The maximum Gasteiger partial charge on any atom is 0.246 e. The molecule has 0 saturated carbocycles. The van der Waals surface area contributed by atoms with Crippen LogP contribution in [0.2, 0.25) is 0 Å². The van der Waals surface area contributed by atoms with Gasteiger partial charge >= 0.3 is 0 Å². The minimum absolute atomic E-state index is 0.0205. The first-order chi connectivity index (χ1) is 15.2. The molecule has 1 aromatic carbocycles. The Kier molecular flexibility index (Phi) is 4.73. The van der Waals surface area contributed by atoms with Crippen LogP contribution in [0.15, 0.2) is 36.1 Å². The van der Waals surface area contributed by atoms with Crippen molar-refractivity contribution >= 4 is 28.8 Å². The number of allylic oxidation sites excluding steroid dienone is 1. The Morgan fingerprint density at radius 1 is 1.28 bits per heavy atom. The number of nitrogens with zero attached hydrogens (tertiary/aromatic N) is 1. The third-order valence-electron chi connectivity index (χ3n) is 7.02. The van der Waals surface area contributed by atoms with Crippen molar-refractivity contribution in [2.75, 3.05) is 6.54 Å². The van der Waals surface area contributed by atoms with Crippen LogP contribution in [0, 0.1) is 0 Å². The van der Waals surface area contributed by atoms with Gasteiger partial charge in [-0.2, -0.15) is 0 Å². The Hall–Kier alpha value is -3.02. The number of amides is 2. The number of aromatic nitrogens is 1. The third kappa shape index (κ3) is 3.24. The van der Waals surface area contributed by atoms with E-state index in [9.17, 15) is 9.59 Å². The van der Waals surface area contributed by atoms with Gasteiger partial charge < -0.3 is 19.9 Å². The molecule has 2 saturated heterocycles. The standard InChI is InChI=1S/C26H31N3O3/c1-16(2)8-12-26-10-5-13-29(26)23(30)20(28-24(26)31)14-17-15-27-22-18(17)6-7-21-19(22)9-11-25(3,4)32-21/h6-9,11,15,20,27H,5,10,12-14H2,1-4H3,(H,28,31)/t20-,26-/m1/s1. The average Bonchev–Trinajstić information content (AvgIpc) is 3.35. The Balaban J connectivity index is 1.43. The summed E-state index contributed by atoms with van der Waals surface area (Å²) in [6.07, 6.45) is 10.8. The molecule has 0 spiro atoms. The lowest BCUT2D eigenvalue weighted by Crippen LogP contribution is -2.68. The minimum Gasteiger partial charge on any atom is -0.483 e. The summed E-state index contributed by atoms with van der Waals surface area (Å²) in [6.45, 7) is 8.77. The summed E-state index contributed by atoms with van der Waals surface area (Å²) in [6, 6.07) is 3.49. The van der Waals surface area contributed by atoms with Crippen LogP contribution in [0.4, 0.5) is 0 Å². The number of carbonyl (C=O) groups is 2. The smallest absolute Gasteiger partial charge is 0.246 e. The quantitative estimate of drug-likeness (QED) is 0.713. The van der Waals surface area contributed by atoms with Crippen LogP contribution in [-0.4, -0.2) is 45.4 Å². The first-order valence-corrected chi connectivity index (χ1v) is 11.5. The average molecular weight is 434 g/mol. The van der Waals surface area contributed by atoms with Crippen molar-refractivity contribution in [3.8, 4) is 5.75 Å². The molecule has 6 nitrogen and oxygen atoms in total. The fraction of sp³-hybridized carbons (Fsp3) is 0.462. The van der Waals surface area contributed by atoms with Crippen LogP contribution in [-0.2, 0) is 16.0 Å². The van der Waals surface area contributed by atoms with E-state index < -0.39 is 11.6 Å². The van der Waals surface area contributed by atoms with Gasteiger partial charge in [-0.1, -0.05) is 11.6 Å². The number of hydrogen-bond acceptors (Lipinski definition) is 3. The van der Waals surface area contributed by atoms with Gasteiger partial charge in [0.05, 0.1) is 5.52 Å². The molecule has 3 aliphatic rings. The first-order valence-electron chi connectivity index (χ1n) is 11.5. The zero-order chi connectivity index (χ0) is 22.7. The molecule has 2 fully saturated rings.